The van der Waals surface area contributed by atoms with Crippen LogP contribution < -0.4 is 14.8 Å². The smallest absolute Gasteiger partial charge is 0.326 e. The first-order valence-electron chi connectivity index (χ1n) is 9.02. The second kappa shape index (κ2) is 7.52. The van der Waals surface area contributed by atoms with Crippen molar-refractivity contribution in [3.8, 4) is 23.0 Å². The summed E-state index contributed by atoms with van der Waals surface area (Å²) in [5, 5.41) is 15.1. The molecule has 0 bridgehead atoms. The van der Waals surface area contributed by atoms with E-state index in [4.69, 9.17) is 9.47 Å². The highest BCUT2D eigenvalue weighted by molar-refractivity contribution is 7.21. The lowest BCUT2D eigenvalue weighted by molar-refractivity contribution is -0.380. The maximum atomic E-state index is 11.2. The highest BCUT2D eigenvalue weighted by atomic mass is 32.1. The first kappa shape index (κ1) is 18.2. The Labute approximate surface area is 173 Å². The maximum Gasteiger partial charge on any atom is 0.326 e. The van der Waals surface area contributed by atoms with Gasteiger partial charge in [0.15, 0.2) is 17.3 Å². The number of benzene rings is 1. The van der Waals surface area contributed by atoms with E-state index >= 15 is 0 Å². The topological polar surface area (TPSA) is 125 Å². The molecule has 0 spiro atoms. The minimum Gasteiger partial charge on any atom is -0.454 e. The van der Waals surface area contributed by atoms with Gasteiger partial charge in [-0.25, -0.2) is 15.0 Å². The highest BCUT2D eigenvalue weighted by Gasteiger charge is 2.19. The van der Waals surface area contributed by atoms with E-state index in [1.807, 2.05) is 18.2 Å². The van der Waals surface area contributed by atoms with Crippen molar-refractivity contribution < 1.29 is 14.4 Å². The van der Waals surface area contributed by atoms with Crippen LogP contribution in [0.5, 0.6) is 11.5 Å². The van der Waals surface area contributed by atoms with Crippen molar-refractivity contribution in [2.75, 3.05) is 18.7 Å². The molecule has 5 rings (SSSR count). The summed E-state index contributed by atoms with van der Waals surface area (Å²) in [7, 11) is 0. The quantitative estimate of drug-likeness (QED) is 0.367. The molecule has 1 aliphatic rings. The predicted octanol–water partition coefficient (Wildman–Crippen LogP) is 3.44. The molecule has 30 heavy (non-hydrogen) atoms. The van der Waals surface area contributed by atoms with Crippen LogP contribution in [0.4, 0.5) is 10.8 Å². The number of fused-ring (bicyclic) bond motifs is 2. The first-order valence-corrected chi connectivity index (χ1v) is 9.84. The zero-order valence-corrected chi connectivity index (χ0v) is 16.3. The Kier molecular flexibility index (Phi) is 4.56. The Morgan fingerprint density at radius 1 is 1.17 bits per heavy atom. The van der Waals surface area contributed by atoms with Gasteiger partial charge < -0.3 is 14.8 Å². The molecule has 1 aliphatic heterocycles. The van der Waals surface area contributed by atoms with Crippen LogP contribution in [0.25, 0.3) is 21.7 Å². The van der Waals surface area contributed by atoms with Crippen LogP contribution in [0.2, 0.25) is 0 Å². The minimum atomic E-state index is -0.426. The molecule has 0 amide bonds. The molecule has 150 valence electrons. The molecule has 0 radical (unpaired) electrons. The van der Waals surface area contributed by atoms with Crippen molar-refractivity contribution in [3.05, 3.63) is 58.5 Å². The average Bonchev–Trinajstić information content (AvgIpc) is 3.41. The van der Waals surface area contributed by atoms with E-state index in [1.54, 1.807) is 18.6 Å². The molecular weight excluding hydrogens is 408 g/mol. The molecule has 0 unspecified atom stereocenters. The van der Waals surface area contributed by atoms with Gasteiger partial charge in [0.05, 0.1) is 16.5 Å². The van der Waals surface area contributed by atoms with E-state index in [0.717, 1.165) is 28.4 Å². The second-order valence-electron chi connectivity index (χ2n) is 6.41. The minimum absolute atomic E-state index is 0.00872. The molecule has 4 heterocycles. The van der Waals surface area contributed by atoms with E-state index < -0.39 is 4.92 Å². The summed E-state index contributed by atoms with van der Waals surface area (Å²) in [6.45, 7) is 0.799. The van der Waals surface area contributed by atoms with Crippen LogP contribution in [0, 0.1) is 10.1 Å². The number of nitrogens with one attached hydrogen (secondary N) is 1. The number of hydrogen-bond donors (Lipinski definition) is 1. The largest absolute Gasteiger partial charge is 0.454 e. The summed E-state index contributed by atoms with van der Waals surface area (Å²) < 4.78 is 10.7. The number of nitrogens with zero attached hydrogens (tertiary/aromatic N) is 5. The number of rotatable bonds is 6. The summed E-state index contributed by atoms with van der Waals surface area (Å²) in [4.78, 5) is 28.6. The van der Waals surface area contributed by atoms with E-state index in [0.29, 0.717) is 40.5 Å². The van der Waals surface area contributed by atoms with E-state index in [9.17, 15) is 10.1 Å². The van der Waals surface area contributed by atoms with Gasteiger partial charge in [-0.15, -0.1) is 0 Å². The van der Waals surface area contributed by atoms with E-state index in [2.05, 4.69) is 25.3 Å². The molecule has 11 heteroatoms. The molecule has 0 fully saturated rings. The fraction of sp³-hybridized carbons (Fsp3) is 0.158. The Morgan fingerprint density at radius 2 is 2.07 bits per heavy atom. The predicted molar refractivity (Wildman–Crippen MR) is 110 cm³/mol. The number of thiophene rings is 1. The lowest BCUT2D eigenvalue weighted by Gasteiger charge is -2.09. The molecule has 1 N–H and O–H groups in total. The number of hydrogen-bond acceptors (Lipinski definition) is 10. The third-order valence-electron chi connectivity index (χ3n) is 4.50. The SMILES string of the molecule is O=[N+]([O-])c1cc2c(NCCc3ccc4c(c3)OCO4)nc(-c3cnccn3)nc2s1. The van der Waals surface area contributed by atoms with Crippen LogP contribution in [0.3, 0.4) is 0 Å². The molecule has 3 aromatic heterocycles. The van der Waals surface area contributed by atoms with Crippen molar-refractivity contribution in [1.82, 2.24) is 19.9 Å². The highest BCUT2D eigenvalue weighted by Crippen LogP contribution is 2.35. The van der Waals surface area contributed by atoms with Crippen LogP contribution >= 0.6 is 11.3 Å². The standard InChI is InChI=1S/C19H14N6O4S/c26-25(27)16-8-12-17(22-4-3-11-1-2-14-15(7-11)29-10-28-14)23-18(24-19(12)30-16)13-9-20-5-6-21-13/h1-2,5-9H,3-4,10H2,(H,22,23,24). The third kappa shape index (κ3) is 3.46. The van der Waals surface area contributed by atoms with Gasteiger partial charge >= 0.3 is 5.00 Å². The summed E-state index contributed by atoms with van der Waals surface area (Å²) in [5.74, 6) is 2.35. The summed E-state index contributed by atoms with van der Waals surface area (Å²) in [5.41, 5.74) is 1.57. The Bertz CT molecular complexity index is 1250. The molecule has 0 saturated carbocycles. The Balaban J connectivity index is 1.43. The van der Waals surface area contributed by atoms with Crippen LogP contribution in [-0.4, -0.2) is 38.2 Å². The molecule has 4 aromatic rings. The maximum absolute atomic E-state index is 11.2. The number of ether oxygens (including phenoxy) is 2. The van der Waals surface area contributed by atoms with Gasteiger partial charge in [-0.05, 0) is 35.5 Å². The van der Waals surface area contributed by atoms with Crippen LogP contribution in [-0.2, 0) is 6.42 Å². The normalized spacial score (nSPS) is 12.3. The fourth-order valence-corrected chi connectivity index (χ4v) is 3.93. The zero-order valence-electron chi connectivity index (χ0n) is 15.4. The molecule has 10 nitrogen and oxygen atoms in total. The van der Waals surface area contributed by atoms with E-state index in [-0.39, 0.29) is 11.8 Å². The van der Waals surface area contributed by atoms with Gasteiger partial charge in [0.2, 0.25) is 6.79 Å². The van der Waals surface area contributed by atoms with Gasteiger partial charge in [0.25, 0.3) is 0 Å². The van der Waals surface area contributed by atoms with Gasteiger partial charge in [-0.2, -0.15) is 0 Å². The number of anilines is 1. The third-order valence-corrected chi connectivity index (χ3v) is 5.48. The molecule has 0 aliphatic carbocycles. The first-order chi connectivity index (χ1) is 14.7. The fourth-order valence-electron chi connectivity index (χ4n) is 3.08. The van der Waals surface area contributed by atoms with Crippen molar-refractivity contribution >= 4 is 32.4 Å². The van der Waals surface area contributed by atoms with Crippen molar-refractivity contribution in [2.24, 2.45) is 0 Å². The van der Waals surface area contributed by atoms with Gasteiger partial charge in [-0.3, -0.25) is 15.1 Å². The van der Waals surface area contributed by atoms with E-state index in [1.165, 1.54) is 6.07 Å². The molecular formula is C19H14N6O4S. The van der Waals surface area contributed by atoms with Crippen molar-refractivity contribution in [3.63, 3.8) is 0 Å². The monoisotopic (exact) mass is 422 g/mol. The summed E-state index contributed by atoms with van der Waals surface area (Å²) >= 11 is 1.00. The van der Waals surface area contributed by atoms with Crippen molar-refractivity contribution in [1.29, 1.82) is 0 Å². The van der Waals surface area contributed by atoms with Gasteiger partial charge in [-0.1, -0.05) is 6.07 Å². The second-order valence-corrected chi connectivity index (χ2v) is 7.42. The Hall–Kier alpha value is -3.86. The number of nitro groups is 1. The van der Waals surface area contributed by atoms with Gasteiger partial charge in [0, 0.05) is 25.0 Å². The average molecular weight is 422 g/mol. The lowest BCUT2D eigenvalue weighted by atomic mass is 10.1. The summed E-state index contributed by atoms with van der Waals surface area (Å²) in [6.07, 6.45) is 5.36. The summed E-state index contributed by atoms with van der Waals surface area (Å²) in [6, 6.07) is 7.30. The molecule has 0 atom stereocenters. The number of aromatic nitrogens is 4. The lowest BCUT2D eigenvalue weighted by Crippen LogP contribution is -2.08. The zero-order chi connectivity index (χ0) is 20.5. The van der Waals surface area contributed by atoms with Crippen molar-refractivity contribution in [2.45, 2.75) is 6.42 Å². The van der Waals surface area contributed by atoms with Gasteiger partial charge in [0.1, 0.15) is 16.3 Å². The molecule has 0 saturated heterocycles. The van der Waals surface area contributed by atoms with Crippen LogP contribution in [0.1, 0.15) is 5.56 Å². The Morgan fingerprint density at radius 3 is 2.90 bits per heavy atom. The molecule has 1 aromatic carbocycles. The van der Waals surface area contributed by atoms with Crippen LogP contribution in [0.15, 0.2) is 42.9 Å².